The van der Waals surface area contributed by atoms with E-state index in [1.54, 1.807) is 14.0 Å². The maximum Gasteiger partial charge on any atom is 0.219 e. The standard InChI is InChI=1S/C17H33NO3Si/c1-9-11-18(15(4)19)17(14(2)3)16(21-13-20-5)10-12-22(6,7)8/h14,16-17H,9,11,13H2,1-8H3/t16-,17+/m1/s1. The SMILES string of the molecule is CCCN(C(C)=O)[C@@H](C(C)C)[C@@H](C#C[Si](C)(C)C)OCOC. The molecule has 0 aromatic carbocycles. The second-order valence-electron chi connectivity index (χ2n) is 6.96. The number of ether oxygens (including phenoxy) is 2. The molecule has 0 saturated carbocycles. The molecule has 0 radical (unpaired) electrons. The molecule has 0 N–H and O–H groups in total. The summed E-state index contributed by atoms with van der Waals surface area (Å²) >= 11 is 0. The predicted molar refractivity (Wildman–Crippen MR) is 94.2 cm³/mol. The third-order valence-electron chi connectivity index (χ3n) is 3.18. The number of amides is 1. The van der Waals surface area contributed by atoms with E-state index in [0.717, 1.165) is 13.0 Å². The molecule has 0 aromatic heterocycles. The summed E-state index contributed by atoms with van der Waals surface area (Å²) in [5, 5.41) is 0. The van der Waals surface area contributed by atoms with Crippen molar-refractivity contribution in [3.63, 3.8) is 0 Å². The van der Waals surface area contributed by atoms with Crippen molar-refractivity contribution in [1.29, 1.82) is 0 Å². The maximum absolute atomic E-state index is 12.1. The van der Waals surface area contributed by atoms with Crippen molar-refractivity contribution >= 4 is 14.0 Å². The van der Waals surface area contributed by atoms with Crippen molar-refractivity contribution in [3.8, 4) is 11.5 Å². The molecule has 0 spiro atoms. The number of nitrogens with zero attached hydrogens (tertiary/aromatic N) is 1. The summed E-state index contributed by atoms with van der Waals surface area (Å²) in [4.78, 5) is 14.0. The fraction of sp³-hybridized carbons (Fsp3) is 0.824. The minimum Gasteiger partial charge on any atom is -0.359 e. The molecule has 0 aliphatic carbocycles. The minimum absolute atomic E-state index is 0.0588. The van der Waals surface area contributed by atoms with Gasteiger partial charge >= 0.3 is 0 Å². The molecule has 0 rings (SSSR count). The van der Waals surface area contributed by atoms with Crippen LogP contribution in [0.4, 0.5) is 0 Å². The van der Waals surface area contributed by atoms with Crippen LogP contribution in [0.2, 0.25) is 19.6 Å². The van der Waals surface area contributed by atoms with Gasteiger partial charge in [-0.25, -0.2) is 0 Å². The lowest BCUT2D eigenvalue weighted by atomic mass is 9.96. The Labute approximate surface area is 137 Å². The summed E-state index contributed by atoms with van der Waals surface area (Å²) < 4.78 is 10.9. The van der Waals surface area contributed by atoms with E-state index in [4.69, 9.17) is 9.47 Å². The predicted octanol–water partition coefficient (Wildman–Crippen LogP) is 3.14. The van der Waals surface area contributed by atoms with Gasteiger partial charge in [-0.05, 0) is 12.3 Å². The number of carbonyl (C=O) groups is 1. The Bertz CT molecular complexity index is 393. The van der Waals surface area contributed by atoms with Gasteiger partial charge in [0.15, 0.2) is 0 Å². The van der Waals surface area contributed by atoms with Crippen LogP contribution >= 0.6 is 0 Å². The van der Waals surface area contributed by atoms with Crippen molar-refractivity contribution < 1.29 is 14.3 Å². The first-order valence-electron chi connectivity index (χ1n) is 8.04. The van der Waals surface area contributed by atoms with Gasteiger partial charge in [0.2, 0.25) is 5.91 Å². The van der Waals surface area contributed by atoms with E-state index in [9.17, 15) is 4.79 Å². The number of rotatable bonds is 8. The second kappa shape index (κ2) is 10.0. The lowest BCUT2D eigenvalue weighted by molar-refractivity contribution is -0.139. The quantitative estimate of drug-likeness (QED) is 0.390. The summed E-state index contributed by atoms with van der Waals surface area (Å²) in [6.45, 7) is 15.4. The van der Waals surface area contributed by atoms with Crippen LogP contribution in [-0.2, 0) is 14.3 Å². The maximum atomic E-state index is 12.1. The zero-order valence-corrected chi connectivity index (χ0v) is 16.5. The summed E-state index contributed by atoms with van der Waals surface area (Å²) in [5.41, 5.74) is 3.37. The van der Waals surface area contributed by atoms with E-state index < -0.39 is 8.07 Å². The first-order valence-corrected chi connectivity index (χ1v) is 11.5. The van der Waals surface area contributed by atoms with E-state index in [1.807, 2.05) is 4.90 Å². The molecule has 0 aliphatic rings. The van der Waals surface area contributed by atoms with Crippen molar-refractivity contribution in [2.75, 3.05) is 20.4 Å². The topological polar surface area (TPSA) is 38.8 Å². The van der Waals surface area contributed by atoms with Crippen LogP contribution in [0.5, 0.6) is 0 Å². The highest BCUT2D eigenvalue weighted by Gasteiger charge is 2.31. The Hall–Kier alpha value is -0.833. The molecule has 0 saturated heterocycles. The van der Waals surface area contributed by atoms with Crippen LogP contribution in [0.3, 0.4) is 0 Å². The monoisotopic (exact) mass is 327 g/mol. The molecule has 4 nitrogen and oxygen atoms in total. The Morgan fingerprint density at radius 1 is 1.27 bits per heavy atom. The minimum atomic E-state index is -1.51. The lowest BCUT2D eigenvalue weighted by Gasteiger charge is -2.37. The zero-order valence-electron chi connectivity index (χ0n) is 15.5. The van der Waals surface area contributed by atoms with E-state index in [-0.39, 0.29) is 30.8 Å². The molecular formula is C17H33NO3Si. The molecule has 0 unspecified atom stereocenters. The van der Waals surface area contributed by atoms with Crippen molar-refractivity contribution in [2.24, 2.45) is 5.92 Å². The lowest BCUT2D eigenvalue weighted by Crippen LogP contribution is -2.50. The Kier molecular flexibility index (Phi) is 9.66. The van der Waals surface area contributed by atoms with Crippen molar-refractivity contribution in [2.45, 2.75) is 65.9 Å². The van der Waals surface area contributed by atoms with E-state index >= 15 is 0 Å². The Morgan fingerprint density at radius 3 is 2.23 bits per heavy atom. The molecule has 0 fully saturated rings. The third kappa shape index (κ3) is 7.97. The van der Waals surface area contributed by atoms with Crippen molar-refractivity contribution in [1.82, 2.24) is 4.90 Å². The highest BCUT2D eigenvalue weighted by molar-refractivity contribution is 6.83. The number of methoxy groups -OCH3 is 1. The molecule has 0 heterocycles. The summed E-state index contributed by atoms with van der Waals surface area (Å²) in [6.07, 6.45) is 0.600. The van der Waals surface area contributed by atoms with Crippen LogP contribution < -0.4 is 0 Å². The normalized spacial score (nSPS) is 14.2. The van der Waals surface area contributed by atoms with Gasteiger partial charge < -0.3 is 14.4 Å². The summed E-state index contributed by atoms with van der Waals surface area (Å²) in [7, 11) is 0.0937. The highest BCUT2D eigenvalue weighted by atomic mass is 28.3. The molecule has 22 heavy (non-hydrogen) atoms. The smallest absolute Gasteiger partial charge is 0.219 e. The highest BCUT2D eigenvalue weighted by Crippen LogP contribution is 2.19. The van der Waals surface area contributed by atoms with Gasteiger partial charge in [0.25, 0.3) is 0 Å². The van der Waals surface area contributed by atoms with Crippen LogP contribution in [0.1, 0.15) is 34.1 Å². The average molecular weight is 328 g/mol. The molecule has 0 aromatic rings. The fourth-order valence-corrected chi connectivity index (χ4v) is 2.86. The van der Waals surface area contributed by atoms with Gasteiger partial charge in [-0.2, -0.15) is 0 Å². The van der Waals surface area contributed by atoms with Crippen molar-refractivity contribution in [3.05, 3.63) is 0 Å². The number of carbonyl (C=O) groups excluding carboxylic acids is 1. The van der Waals surface area contributed by atoms with Gasteiger partial charge in [-0.15, -0.1) is 5.54 Å². The molecule has 2 atom stereocenters. The first kappa shape index (κ1) is 21.2. The van der Waals surface area contributed by atoms with Crippen LogP contribution in [-0.4, -0.2) is 51.5 Å². The Balaban J connectivity index is 5.53. The Morgan fingerprint density at radius 2 is 1.86 bits per heavy atom. The molecule has 0 bridgehead atoms. The van der Waals surface area contributed by atoms with E-state index in [1.165, 1.54) is 0 Å². The molecule has 128 valence electrons. The van der Waals surface area contributed by atoms with E-state index in [2.05, 4.69) is 51.9 Å². The van der Waals surface area contributed by atoms with Crippen LogP contribution in [0.15, 0.2) is 0 Å². The largest absolute Gasteiger partial charge is 0.359 e. The average Bonchev–Trinajstić information content (AvgIpc) is 2.38. The molecular weight excluding hydrogens is 294 g/mol. The molecule has 1 amide bonds. The summed E-state index contributed by atoms with van der Waals surface area (Å²) in [5.74, 6) is 3.61. The number of hydrogen-bond acceptors (Lipinski definition) is 3. The fourth-order valence-electron chi connectivity index (χ4n) is 2.28. The first-order chi connectivity index (χ1) is 10.1. The second-order valence-corrected chi connectivity index (χ2v) is 11.7. The number of hydrogen-bond donors (Lipinski definition) is 0. The molecule has 0 aliphatic heterocycles. The van der Waals surface area contributed by atoms with Crippen LogP contribution in [0.25, 0.3) is 0 Å². The van der Waals surface area contributed by atoms with E-state index in [0.29, 0.717) is 0 Å². The summed E-state index contributed by atoms with van der Waals surface area (Å²) in [6, 6.07) is -0.0588. The van der Waals surface area contributed by atoms with Gasteiger partial charge in [-0.1, -0.05) is 46.3 Å². The van der Waals surface area contributed by atoms with Gasteiger partial charge in [0, 0.05) is 20.6 Å². The zero-order chi connectivity index (χ0) is 17.3. The van der Waals surface area contributed by atoms with Gasteiger partial charge in [0.1, 0.15) is 21.0 Å². The van der Waals surface area contributed by atoms with Gasteiger partial charge in [0.05, 0.1) is 6.04 Å². The third-order valence-corrected chi connectivity index (χ3v) is 4.07. The van der Waals surface area contributed by atoms with Gasteiger partial charge in [-0.3, -0.25) is 4.79 Å². The van der Waals surface area contributed by atoms with Crippen LogP contribution in [0, 0.1) is 17.4 Å². The molecule has 5 heteroatoms.